The van der Waals surface area contributed by atoms with Gasteiger partial charge < -0.3 is 20.2 Å². The van der Waals surface area contributed by atoms with Crippen LogP contribution >= 0.6 is 0 Å². The largest absolute Gasteiger partial charge is 0.395 e. The second-order valence-corrected chi connectivity index (χ2v) is 5.83. The fourth-order valence-corrected chi connectivity index (χ4v) is 3.18. The van der Waals surface area contributed by atoms with Gasteiger partial charge in [-0.2, -0.15) is 0 Å². The van der Waals surface area contributed by atoms with Gasteiger partial charge in [-0.1, -0.05) is 0 Å². The van der Waals surface area contributed by atoms with E-state index in [0.717, 1.165) is 51.9 Å². The Bertz CT molecular complexity index is 284. The molecule has 0 aliphatic carbocycles. The van der Waals surface area contributed by atoms with Gasteiger partial charge in [-0.25, -0.2) is 0 Å². The van der Waals surface area contributed by atoms with E-state index < -0.39 is 0 Å². The molecule has 0 saturated carbocycles. The van der Waals surface area contributed by atoms with Crippen molar-refractivity contribution in [3.63, 3.8) is 0 Å². The van der Waals surface area contributed by atoms with Gasteiger partial charge in [-0.05, 0) is 52.4 Å². The lowest BCUT2D eigenvalue weighted by molar-refractivity contribution is -0.140. The molecule has 5 nitrogen and oxygen atoms in total. The number of aliphatic hydroxyl groups excluding tert-OH is 1. The highest BCUT2D eigenvalue weighted by molar-refractivity contribution is 5.79. The van der Waals surface area contributed by atoms with Gasteiger partial charge in [0.1, 0.15) is 0 Å². The Morgan fingerprint density at radius 1 is 1.37 bits per heavy atom. The average molecular weight is 269 g/mol. The summed E-state index contributed by atoms with van der Waals surface area (Å²) >= 11 is 0. The zero-order valence-electron chi connectivity index (χ0n) is 12.0. The van der Waals surface area contributed by atoms with Crippen LogP contribution in [0, 0.1) is 5.92 Å². The fourth-order valence-electron chi connectivity index (χ4n) is 3.18. The molecule has 0 aromatic rings. The second kappa shape index (κ2) is 7.22. The van der Waals surface area contributed by atoms with Crippen LogP contribution in [0.15, 0.2) is 0 Å². The third-order valence-corrected chi connectivity index (χ3v) is 4.40. The lowest BCUT2D eigenvalue weighted by atomic mass is 9.95. The van der Waals surface area contributed by atoms with Crippen LogP contribution in [0.1, 0.15) is 25.7 Å². The molecule has 0 spiro atoms. The van der Waals surface area contributed by atoms with Crippen LogP contribution in [-0.2, 0) is 4.79 Å². The number of hydrogen-bond donors (Lipinski definition) is 2. The Labute approximate surface area is 115 Å². The molecule has 2 heterocycles. The van der Waals surface area contributed by atoms with E-state index in [2.05, 4.69) is 17.3 Å². The molecule has 0 bridgehead atoms. The van der Waals surface area contributed by atoms with Gasteiger partial charge >= 0.3 is 0 Å². The topological polar surface area (TPSA) is 55.8 Å². The predicted molar refractivity (Wildman–Crippen MR) is 74.9 cm³/mol. The highest BCUT2D eigenvalue weighted by atomic mass is 16.3. The third kappa shape index (κ3) is 3.91. The molecule has 0 aromatic heterocycles. The quantitative estimate of drug-likeness (QED) is 0.748. The number of nitrogens with one attached hydrogen (secondary N) is 1. The van der Waals surface area contributed by atoms with Crippen LogP contribution in [0.3, 0.4) is 0 Å². The van der Waals surface area contributed by atoms with Crippen molar-refractivity contribution in [1.29, 1.82) is 0 Å². The highest BCUT2D eigenvalue weighted by Crippen LogP contribution is 2.20. The van der Waals surface area contributed by atoms with Gasteiger partial charge in [-0.3, -0.25) is 4.79 Å². The lowest BCUT2D eigenvalue weighted by Crippen LogP contribution is -2.51. The summed E-state index contributed by atoms with van der Waals surface area (Å²) in [7, 11) is 2.12. The SMILES string of the molecule is CN1CCC(N(CCO)C(=O)[C@H]2CCCNC2)CC1. The summed E-state index contributed by atoms with van der Waals surface area (Å²) in [5.74, 6) is 0.357. The molecule has 2 aliphatic rings. The van der Waals surface area contributed by atoms with Gasteiger partial charge in [0.05, 0.1) is 12.5 Å². The van der Waals surface area contributed by atoms with Crippen molar-refractivity contribution < 1.29 is 9.90 Å². The van der Waals surface area contributed by atoms with Crippen molar-refractivity contribution in [2.24, 2.45) is 5.92 Å². The lowest BCUT2D eigenvalue weighted by Gasteiger charge is -2.39. The Morgan fingerprint density at radius 2 is 2.11 bits per heavy atom. The van der Waals surface area contributed by atoms with Gasteiger partial charge in [0.15, 0.2) is 0 Å². The minimum atomic E-state index is 0.0677. The number of amides is 1. The number of nitrogens with zero attached hydrogens (tertiary/aromatic N) is 2. The summed E-state index contributed by atoms with van der Waals surface area (Å²) in [5.41, 5.74) is 0. The Hall–Kier alpha value is -0.650. The van der Waals surface area contributed by atoms with Crippen molar-refractivity contribution >= 4 is 5.91 Å². The van der Waals surface area contributed by atoms with Crippen molar-refractivity contribution in [2.75, 3.05) is 46.4 Å². The summed E-state index contributed by atoms with van der Waals surface area (Å²) < 4.78 is 0. The molecular formula is C14H27N3O2. The van der Waals surface area contributed by atoms with Crippen molar-refractivity contribution in [2.45, 2.75) is 31.7 Å². The first-order valence-corrected chi connectivity index (χ1v) is 7.53. The molecular weight excluding hydrogens is 242 g/mol. The monoisotopic (exact) mass is 269 g/mol. The summed E-state index contributed by atoms with van der Waals surface area (Å²) in [6, 6.07) is 0.317. The number of hydrogen-bond acceptors (Lipinski definition) is 4. The number of carbonyl (C=O) groups is 1. The first-order valence-electron chi connectivity index (χ1n) is 7.53. The summed E-state index contributed by atoms with van der Waals surface area (Å²) in [4.78, 5) is 16.9. The molecule has 2 fully saturated rings. The van der Waals surface area contributed by atoms with E-state index in [1.807, 2.05) is 4.90 Å². The van der Waals surface area contributed by atoms with Gasteiger partial charge in [0, 0.05) is 19.1 Å². The molecule has 0 unspecified atom stereocenters. The minimum Gasteiger partial charge on any atom is -0.395 e. The maximum Gasteiger partial charge on any atom is 0.227 e. The normalized spacial score (nSPS) is 26.3. The molecule has 0 radical (unpaired) electrons. The first kappa shape index (κ1) is 14.8. The van der Waals surface area contributed by atoms with Crippen LogP contribution in [0.2, 0.25) is 0 Å². The van der Waals surface area contributed by atoms with Crippen LogP contribution in [0.4, 0.5) is 0 Å². The van der Waals surface area contributed by atoms with Crippen LogP contribution in [-0.4, -0.2) is 73.2 Å². The van der Waals surface area contributed by atoms with Crippen molar-refractivity contribution in [3.8, 4) is 0 Å². The number of piperidine rings is 2. The number of aliphatic hydroxyl groups is 1. The molecule has 1 atom stereocenters. The van der Waals surface area contributed by atoms with E-state index in [0.29, 0.717) is 12.6 Å². The highest BCUT2D eigenvalue weighted by Gasteiger charge is 2.31. The maximum atomic E-state index is 12.6. The summed E-state index contributed by atoms with van der Waals surface area (Å²) in [6.07, 6.45) is 4.13. The molecule has 2 rings (SSSR count). The molecule has 110 valence electrons. The zero-order valence-corrected chi connectivity index (χ0v) is 12.0. The predicted octanol–water partition coefficient (Wildman–Crippen LogP) is -0.0989. The average Bonchev–Trinajstić information content (AvgIpc) is 2.46. The Kier molecular flexibility index (Phi) is 5.60. The maximum absolute atomic E-state index is 12.6. The van der Waals surface area contributed by atoms with E-state index in [9.17, 15) is 9.90 Å². The van der Waals surface area contributed by atoms with E-state index in [1.54, 1.807) is 0 Å². The van der Waals surface area contributed by atoms with Crippen LogP contribution in [0.25, 0.3) is 0 Å². The molecule has 19 heavy (non-hydrogen) atoms. The van der Waals surface area contributed by atoms with E-state index in [-0.39, 0.29) is 18.4 Å². The fraction of sp³-hybridized carbons (Fsp3) is 0.929. The molecule has 5 heteroatoms. The number of rotatable bonds is 4. The molecule has 2 aliphatic heterocycles. The molecule has 2 N–H and O–H groups in total. The summed E-state index contributed by atoms with van der Waals surface area (Å²) in [5, 5.41) is 12.6. The van der Waals surface area contributed by atoms with Gasteiger partial charge in [0.25, 0.3) is 0 Å². The van der Waals surface area contributed by atoms with Crippen molar-refractivity contribution in [1.82, 2.24) is 15.1 Å². The number of carbonyl (C=O) groups excluding carboxylic acids is 1. The first-order chi connectivity index (χ1) is 9.22. The van der Waals surface area contributed by atoms with Gasteiger partial charge in [0.2, 0.25) is 5.91 Å². The van der Waals surface area contributed by atoms with Crippen molar-refractivity contribution in [3.05, 3.63) is 0 Å². The second-order valence-electron chi connectivity index (χ2n) is 5.83. The number of likely N-dealkylation sites (tertiary alicyclic amines) is 1. The standard InChI is InChI=1S/C14H27N3O2/c1-16-7-4-13(5-8-16)17(9-10-18)14(19)12-3-2-6-15-11-12/h12-13,15,18H,2-11H2,1H3/t12-/m0/s1. The van der Waals surface area contributed by atoms with E-state index in [1.165, 1.54) is 0 Å². The molecule has 2 saturated heterocycles. The zero-order chi connectivity index (χ0) is 13.7. The van der Waals surface area contributed by atoms with E-state index >= 15 is 0 Å². The van der Waals surface area contributed by atoms with E-state index in [4.69, 9.17) is 0 Å². The van der Waals surface area contributed by atoms with Gasteiger partial charge in [-0.15, -0.1) is 0 Å². The van der Waals surface area contributed by atoms with Crippen LogP contribution in [0.5, 0.6) is 0 Å². The Morgan fingerprint density at radius 3 is 2.68 bits per heavy atom. The van der Waals surface area contributed by atoms with Crippen LogP contribution < -0.4 is 5.32 Å². The summed E-state index contributed by atoms with van der Waals surface area (Å²) in [6.45, 7) is 4.47. The molecule has 0 aromatic carbocycles. The third-order valence-electron chi connectivity index (χ3n) is 4.40. The Balaban J connectivity index is 1.95. The minimum absolute atomic E-state index is 0.0677. The smallest absolute Gasteiger partial charge is 0.227 e. The molecule has 1 amide bonds.